The van der Waals surface area contributed by atoms with Crippen molar-refractivity contribution in [1.29, 1.82) is 0 Å². The highest BCUT2D eigenvalue weighted by atomic mass is 16.2. The molecule has 2 unspecified atom stereocenters. The summed E-state index contributed by atoms with van der Waals surface area (Å²) in [4.78, 5) is 15.4. The molecule has 1 heterocycles. The molecule has 2 amide bonds. The van der Waals surface area contributed by atoms with E-state index in [1.165, 1.54) is 0 Å². The number of carbonyl (C=O) groups is 1. The third-order valence-electron chi connectivity index (χ3n) is 2.93. The zero-order chi connectivity index (χ0) is 10.0. The van der Waals surface area contributed by atoms with Gasteiger partial charge in [0.25, 0.3) is 0 Å². The van der Waals surface area contributed by atoms with Crippen molar-refractivity contribution in [2.45, 2.75) is 32.7 Å². The second kappa shape index (κ2) is 3.99. The van der Waals surface area contributed by atoms with Gasteiger partial charge in [-0.2, -0.15) is 0 Å². The molecule has 1 aliphatic rings. The Hall–Kier alpha value is -0.730. The van der Waals surface area contributed by atoms with Gasteiger partial charge in [0.05, 0.1) is 0 Å². The van der Waals surface area contributed by atoms with Crippen molar-refractivity contribution in [1.82, 2.24) is 9.80 Å². The average molecular weight is 184 g/mol. The van der Waals surface area contributed by atoms with E-state index in [-0.39, 0.29) is 6.03 Å². The minimum Gasteiger partial charge on any atom is -0.331 e. The first-order valence-electron chi connectivity index (χ1n) is 5.05. The summed E-state index contributed by atoms with van der Waals surface area (Å²) in [5, 5.41) is 0. The van der Waals surface area contributed by atoms with Crippen molar-refractivity contribution in [3.63, 3.8) is 0 Å². The molecule has 3 nitrogen and oxygen atoms in total. The van der Waals surface area contributed by atoms with Gasteiger partial charge >= 0.3 is 6.03 Å². The summed E-state index contributed by atoms with van der Waals surface area (Å²) < 4.78 is 0. The zero-order valence-electron chi connectivity index (χ0n) is 9.08. The normalized spacial score (nSPS) is 27.8. The lowest BCUT2D eigenvalue weighted by Crippen LogP contribution is -2.43. The van der Waals surface area contributed by atoms with Gasteiger partial charge in [-0.05, 0) is 18.8 Å². The zero-order valence-corrected chi connectivity index (χ0v) is 9.08. The summed E-state index contributed by atoms with van der Waals surface area (Å²) in [6.07, 6.45) is 2.22. The lowest BCUT2D eigenvalue weighted by Gasteiger charge is -2.28. The molecule has 0 aromatic carbocycles. The van der Waals surface area contributed by atoms with Crippen LogP contribution in [0.4, 0.5) is 4.79 Å². The Bertz CT molecular complexity index is 191. The first-order chi connectivity index (χ1) is 6.07. The first-order valence-corrected chi connectivity index (χ1v) is 5.05. The standard InChI is InChI=1S/C10H20N2O/c1-5-9-8(2)6-7-12(9)10(13)11(3)4/h8-9H,5-7H2,1-4H3. The Morgan fingerprint density at radius 1 is 1.54 bits per heavy atom. The quantitative estimate of drug-likeness (QED) is 0.609. The van der Waals surface area contributed by atoms with Crippen LogP contribution in [0, 0.1) is 5.92 Å². The van der Waals surface area contributed by atoms with E-state index in [4.69, 9.17) is 0 Å². The predicted octanol–water partition coefficient (Wildman–Crippen LogP) is 1.79. The molecular formula is C10H20N2O. The Balaban J connectivity index is 2.65. The minimum atomic E-state index is 0.163. The third-order valence-corrected chi connectivity index (χ3v) is 2.93. The molecular weight excluding hydrogens is 164 g/mol. The first kappa shape index (κ1) is 10.4. The maximum absolute atomic E-state index is 11.7. The number of carbonyl (C=O) groups excluding carboxylic acids is 1. The van der Waals surface area contributed by atoms with Crippen LogP contribution >= 0.6 is 0 Å². The van der Waals surface area contributed by atoms with Crippen LogP contribution < -0.4 is 0 Å². The van der Waals surface area contributed by atoms with E-state index in [1.807, 2.05) is 19.0 Å². The van der Waals surface area contributed by atoms with E-state index in [1.54, 1.807) is 4.90 Å². The predicted molar refractivity (Wildman–Crippen MR) is 53.6 cm³/mol. The number of hydrogen-bond donors (Lipinski definition) is 0. The van der Waals surface area contributed by atoms with Crippen molar-refractivity contribution in [2.24, 2.45) is 5.92 Å². The SMILES string of the molecule is CCC1C(C)CCN1C(=O)N(C)C. The summed E-state index contributed by atoms with van der Waals surface area (Å²) in [7, 11) is 3.64. The van der Waals surface area contributed by atoms with Crippen molar-refractivity contribution in [3.8, 4) is 0 Å². The molecule has 1 saturated heterocycles. The lowest BCUT2D eigenvalue weighted by atomic mass is 10.0. The minimum absolute atomic E-state index is 0.163. The number of likely N-dealkylation sites (tertiary alicyclic amines) is 1. The van der Waals surface area contributed by atoms with Crippen LogP contribution in [0.25, 0.3) is 0 Å². The average Bonchev–Trinajstić information content (AvgIpc) is 2.45. The molecule has 1 aliphatic heterocycles. The summed E-state index contributed by atoms with van der Waals surface area (Å²) in [6, 6.07) is 0.617. The Morgan fingerprint density at radius 3 is 2.62 bits per heavy atom. The van der Waals surface area contributed by atoms with Gasteiger partial charge in [-0.1, -0.05) is 13.8 Å². The smallest absolute Gasteiger partial charge is 0.319 e. The highest BCUT2D eigenvalue weighted by molar-refractivity contribution is 5.74. The van der Waals surface area contributed by atoms with Gasteiger partial charge in [0, 0.05) is 26.7 Å². The van der Waals surface area contributed by atoms with E-state index in [0.717, 1.165) is 19.4 Å². The van der Waals surface area contributed by atoms with E-state index in [9.17, 15) is 4.79 Å². The van der Waals surface area contributed by atoms with E-state index < -0.39 is 0 Å². The second-order valence-corrected chi connectivity index (χ2v) is 4.11. The molecule has 3 heteroatoms. The van der Waals surface area contributed by atoms with Gasteiger partial charge in [0.1, 0.15) is 0 Å². The summed E-state index contributed by atoms with van der Waals surface area (Å²) in [5.74, 6) is 0.661. The number of rotatable bonds is 1. The fourth-order valence-electron chi connectivity index (χ4n) is 2.13. The van der Waals surface area contributed by atoms with Crippen molar-refractivity contribution in [3.05, 3.63) is 0 Å². The van der Waals surface area contributed by atoms with Crippen LogP contribution in [-0.4, -0.2) is 42.5 Å². The second-order valence-electron chi connectivity index (χ2n) is 4.11. The van der Waals surface area contributed by atoms with Crippen LogP contribution in [0.5, 0.6) is 0 Å². The molecule has 0 spiro atoms. The van der Waals surface area contributed by atoms with E-state index >= 15 is 0 Å². The number of urea groups is 1. The van der Waals surface area contributed by atoms with Gasteiger partial charge in [0.2, 0.25) is 0 Å². The van der Waals surface area contributed by atoms with Crippen LogP contribution in [0.15, 0.2) is 0 Å². The Labute approximate surface area is 80.7 Å². The topological polar surface area (TPSA) is 23.6 Å². The molecule has 0 aromatic heterocycles. The fraction of sp³-hybridized carbons (Fsp3) is 0.900. The van der Waals surface area contributed by atoms with Gasteiger partial charge in [-0.15, -0.1) is 0 Å². The van der Waals surface area contributed by atoms with E-state index in [2.05, 4.69) is 13.8 Å². The van der Waals surface area contributed by atoms with Crippen molar-refractivity contribution in [2.75, 3.05) is 20.6 Å². The molecule has 0 bridgehead atoms. The number of nitrogens with zero attached hydrogens (tertiary/aromatic N) is 2. The van der Waals surface area contributed by atoms with Crippen molar-refractivity contribution < 1.29 is 4.79 Å². The molecule has 76 valence electrons. The maximum atomic E-state index is 11.7. The molecule has 1 fully saturated rings. The molecule has 0 aliphatic carbocycles. The molecule has 0 N–H and O–H groups in total. The molecule has 0 saturated carbocycles. The van der Waals surface area contributed by atoms with Crippen LogP contribution in [0.3, 0.4) is 0 Å². The molecule has 2 atom stereocenters. The van der Waals surface area contributed by atoms with Gasteiger partial charge in [-0.3, -0.25) is 0 Å². The largest absolute Gasteiger partial charge is 0.331 e. The van der Waals surface area contributed by atoms with Gasteiger partial charge in [-0.25, -0.2) is 4.79 Å². The van der Waals surface area contributed by atoms with Crippen LogP contribution in [0.1, 0.15) is 26.7 Å². The number of hydrogen-bond acceptors (Lipinski definition) is 1. The van der Waals surface area contributed by atoms with E-state index in [0.29, 0.717) is 12.0 Å². The lowest BCUT2D eigenvalue weighted by molar-refractivity contribution is 0.159. The summed E-state index contributed by atoms with van der Waals surface area (Å²) in [5.41, 5.74) is 0. The third kappa shape index (κ3) is 1.95. The highest BCUT2D eigenvalue weighted by Crippen LogP contribution is 2.26. The van der Waals surface area contributed by atoms with Gasteiger partial charge < -0.3 is 9.80 Å². The van der Waals surface area contributed by atoms with Crippen LogP contribution in [-0.2, 0) is 0 Å². The monoisotopic (exact) mass is 184 g/mol. The molecule has 0 aromatic rings. The van der Waals surface area contributed by atoms with Crippen molar-refractivity contribution >= 4 is 6.03 Å². The summed E-state index contributed by atoms with van der Waals surface area (Å²) >= 11 is 0. The number of amides is 2. The molecule has 0 radical (unpaired) electrons. The summed E-state index contributed by atoms with van der Waals surface area (Å²) in [6.45, 7) is 5.32. The molecule has 1 rings (SSSR count). The Kier molecular flexibility index (Phi) is 3.17. The fourth-order valence-corrected chi connectivity index (χ4v) is 2.13. The van der Waals surface area contributed by atoms with Crippen LogP contribution in [0.2, 0.25) is 0 Å². The highest BCUT2D eigenvalue weighted by Gasteiger charge is 2.33. The molecule has 13 heavy (non-hydrogen) atoms. The van der Waals surface area contributed by atoms with Gasteiger partial charge in [0.15, 0.2) is 0 Å². The Morgan fingerprint density at radius 2 is 2.15 bits per heavy atom. The maximum Gasteiger partial charge on any atom is 0.319 e.